The van der Waals surface area contributed by atoms with Crippen molar-refractivity contribution in [1.29, 1.82) is 0 Å². The van der Waals surface area contributed by atoms with Crippen LogP contribution in [0, 0.1) is 0 Å². The molecular weight excluding hydrogens is 310 g/mol. The number of amides is 1. The maximum atomic E-state index is 11.9. The molecule has 0 aliphatic carbocycles. The lowest BCUT2D eigenvalue weighted by atomic mass is 10.2. The number of methoxy groups -OCH3 is 1. The second kappa shape index (κ2) is 8.57. The molecule has 0 radical (unpaired) electrons. The van der Waals surface area contributed by atoms with E-state index in [9.17, 15) is 9.59 Å². The quantitative estimate of drug-likeness (QED) is 0.791. The maximum Gasteiger partial charge on any atom is 0.338 e. The first-order valence-corrected chi connectivity index (χ1v) is 7.46. The van der Waals surface area contributed by atoms with Crippen molar-refractivity contribution < 1.29 is 23.8 Å². The fraction of sp³-hybridized carbons (Fsp3) is 0.222. The highest BCUT2D eigenvalue weighted by Gasteiger charge is 2.09. The van der Waals surface area contributed by atoms with Gasteiger partial charge >= 0.3 is 5.97 Å². The second-order valence-electron chi connectivity index (χ2n) is 4.81. The van der Waals surface area contributed by atoms with Crippen LogP contribution in [-0.4, -0.2) is 32.2 Å². The number of hydrogen-bond acceptors (Lipinski definition) is 5. The van der Waals surface area contributed by atoms with Gasteiger partial charge in [0.1, 0.15) is 11.5 Å². The van der Waals surface area contributed by atoms with Gasteiger partial charge in [0, 0.05) is 5.69 Å². The Labute approximate surface area is 140 Å². The molecule has 2 aromatic rings. The Morgan fingerprint density at radius 1 is 1.04 bits per heavy atom. The summed E-state index contributed by atoms with van der Waals surface area (Å²) in [6.45, 7) is 1.87. The van der Waals surface area contributed by atoms with Gasteiger partial charge in [-0.3, -0.25) is 4.79 Å². The van der Waals surface area contributed by atoms with E-state index in [2.05, 4.69) is 5.32 Å². The Morgan fingerprint density at radius 3 is 2.46 bits per heavy atom. The lowest BCUT2D eigenvalue weighted by Gasteiger charge is -2.09. The van der Waals surface area contributed by atoms with Crippen molar-refractivity contribution >= 4 is 17.6 Å². The molecule has 6 nitrogen and oxygen atoms in total. The third kappa shape index (κ3) is 5.01. The first-order chi connectivity index (χ1) is 11.6. The van der Waals surface area contributed by atoms with Gasteiger partial charge in [-0.05, 0) is 49.4 Å². The number of nitrogens with one attached hydrogen (secondary N) is 1. The van der Waals surface area contributed by atoms with Gasteiger partial charge in [-0.1, -0.05) is 6.07 Å². The second-order valence-corrected chi connectivity index (χ2v) is 4.81. The molecule has 126 valence electrons. The van der Waals surface area contributed by atoms with Crippen LogP contribution in [0.1, 0.15) is 17.3 Å². The van der Waals surface area contributed by atoms with E-state index in [4.69, 9.17) is 14.2 Å². The fourth-order valence-electron chi connectivity index (χ4n) is 1.95. The van der Waals surface area contributed by atoms with Crippen LogP contribution in [0.3, 0.4) is 0 Å². The molecule has 0 bridgehead atoms. The summed E-state index contributed by atoms with van der Waals surface area (Å²) in [6, 6.07) is 13.5. The van der Waals surface area contributed by atoms with Gasteiger partial charge in [0.05, 0.1) is 19.3 Å². The highest BCUT2D eigenvalue weighted by atomic mass is 16.5. The van der Waals surface area contributed by atoms with E-state index in [0.29, 0.717) is 29.4 Å². The zero-order valence-electron chi connectivity index (χ0n) is 13.6. The molecule has 1 amide bonds. The highest BCUT2D eigenvalue weighted by Crippen LogP contribution is 2.16. The van der Waals surface area contributed by atoms with Gasteiger partial charge in [0.15, 0.2) is 6.61 Å². The van der Waals surface area contributed by atoms with Crippen LogP contribution in [0.4, 0.5) is 5.69 Å². The lowest BCUT2D eigenvalue weighted by molar-refractivity contribution is -0.118. The first-order valence-electron chi connectivity index (χ1n) is 7.46. The predicted octanol–water partition coefficient (Wildman–Crippen LogP) is 2.89. The summed E-state index contributed by atoms with van der Waals surface area (Å²) in [6.07, 6.45) is 0. The van der Waals surface area contributed by atoms with Crippen molar-refractivity contribution in [2.75, 3.05) is 25.6 Å². The zero-order valence-corrected chi connectivity index (χ0v) is 13.6. The molecule has 2 aromatic carbocycles. The predicted molar refractivity (Wildman–Crippen MR) is 89.5 cm³/mol. The largest absolute Gasteiger partial charge is 0.497 e. The third-order valence-electron chi connectivity index (χ3n) is 3.09. The SMILES string of the molecule is CCOC(=O)c1cccc(OCC(=O)Nc2ccc(OC)cc2)c1. The molecule has 0 spiro atoms. The number of benzene rings is 2. The minimum Gasteiger partial charge on any atom is -0.497 e. The lowest BCUT2D eigenvalue weighted by Crippen LogP contribution is -2.20. The van der Waals surface area contributed by atoms with E-state index in [1.54, 1.807) is 62.6 Å². The standard InChI is InChI=1S/C18H19NO5/c1-3-23-18(21)13-5-4-6-16(11-13)24-12-17(20)19-14-7-9-15(22-2)10-8-14/h4-11H,3,12H2,1-2H3,(H,19,20). The summed E-state index contributed by atoms with van der Waals surface area (Å²) in [7, 11) is 1.58. The number of carbonyl (C=O) groups excluding carboxylic acids is 2. The van der Waals surface area contributed by atoms with Crippen LogP contribution in [0.25, 0.3) is 0 Å². The number of rotatable bonds is 7. The number of carbonyl (C=O) groups is 2. The van der Waals surface area contributed by atoms with E-state index >= 15 is 0 Å². The van der Waals surface area contributed by atoms with Crippen LogP contribution in [0.15, 0.2) is 48.5 Å². The molecule has 0 saturated carbocycles. The Morgan fingerprint density at radius 2 is 1.79 bits per heavy atom. The van der Waals surface area contributed by atoms with Crippen molar-refractivity contribution in [3.05, 3.63) is 54.1 Å². The molecule has 0 aliphatic heterocycles. The van der Waals surface area contributed by atoms with Crippen molar-refractivity contribution in [2.24, 2.45) is 0 Å². The summed E-state index contributed by atoms with van der Waals surface area (Å²) in [5.74, 6) is 0.401. The van der Waals surface area contributed by atoms with E-state index in [1.807, 2.05) is 0 Å². The van der Waals surface area contributed by atoms with Gasteiger partial charge < -0.3 is 19.5 Å². The summed E-state index contributed by atoms with van der Waals surface area (Å²) in [5, 5.41) is 2.71. The van der Waals surface area contributed by atoms with Gasteiger partial charge in [0.25, 0.3) is 5.91 Å². The van der Waals surface area contributed by atoms with Crippen molar-refractivity contribution in [2.45, 2.75) is 6.92 Å². The number of anilines is 1. The first kappa shape index (κ1) is 17.3. The summed E-state index contributed by atoms with van der Waals surface area (Å²) >= 11 is 0. The zero-order chi connectivity index (χ0) is 17.4. The molecule has 0 heterocycles. The fourth-order valence-corrected chi connectivity index (χ4v) is 1.95. The topological polar surface area (TPSA) is 73.9 Å². The Balaban J connectivity index is 1.89. The van der Waals surface area contributed by atoms with Crippen molar-refractivity contribution in [3.63, 3.8) is 0 Å². The van der Waals surface area contributed by atoms with Crippen LogP contribution in [0.5, 0.6) is 11.5 Å². The van der Waals surface area contributed by atoms with Crippen LogP contribution in [-0.2, 0) is 9.53 Å². The Hall–Kier alpha value is -3.02. The smallest absolute Gasteiger partial charge is 0.338 e. The Bertz CT molecular complexity index is 697. The highest BCUT2D eigenvalue weighted by molar-refractivity contribution is 5.92. The van der Waals surface area contributed by atoms with Gasteiger partial charge in [-0.25, -0.2) is 4.79 Å². The van der Waals surface area contributed by atoms with Gasteiger partial charge in [-0.2, -0.15) is 0 Å². The molecule has 0 unspecified atom stereocenters. The molecule has 2 rings (SSSR count). The molecule has 0 saturated heterocycles. The average Bonchev–Trinajstić information content (AvgIpc) is 2.61. The molecule has 6 heteroatoms. The molecule has 0 fully saturated rings. The summed E-state index contributed by atoms with van der Waals surface area (Å²) in [5.41, 5.74) is 1.02. The van der Waals surface area contributed by atoms with Crippen molar-refractivity contribution in [3.8, 4) is 11.5 Å². The van der Waals surface area contributed by atoms with Gasteiger partial charge in [-0.15, -0.1) is 0 Å². The molecule has 0 aliphatic rings. The average molecular weight is 329 g/mol. The molecular formula is C18H19NO5. The van der Waals surface area contributed by atoms with Crippen LogP contribution < -0.4 is 14.8 Å². The number of ether oxygens (including phenoxy) is 3. The monoisotopic (exact) mass is 329 g/mol. The summed E-state index contributed by atoms with van der Waals surface area (Å²) in [4.78, 5) is 23.6. The Kier molecular flexibility index (Phi) is 6.19. The number of esters is 1. The van der Waals surface area contributed by atoms with E-state index in [0.717, 1.165) is 0 Å². The molecule has 0 atom stereocenters. The molecule has 1 N–H and O–H groups in total. The van der Waals surface area contributed by atoms with E-state index in [-0.39, 0.29) is 12.5 Å². The molecule has 24 heavy (non-hydrogen) atoms. The van der Waals surface area contributed by atoms with Crippen LogP contribution in [0.2, 0.25) is 0 Å². The van der Waals surface area contributed by atoms with Gasteiger partial charge in [0.2, 0.25) is 0 Å². The minimum absolute atomic E-state index is 0.168. The minimum atomic E-state index is -0.425. The number of hydrogen-bond donors (Lipinski definition) is 1. The summed E-state index contributed by atoms with van der Waals surface area (Å²) < 4.78 is 15.4. The third-order valence-corrected chi connectivity index (χ3v) is 3.09. The van der Waals surface area contributed by atoms with E-state index < -0.39 is 5.97 Å². The van der Waals surface area contributed by atoms with E-state index in [1.165, 1.54) is 0 Å². The maximum absolute atomic E-state index is 11.9. The normalized spacial score (nSPS) is 9.92. The molecule has 0 aromatic heterocycles. The van der Waals surface area contributed by atoms with Crippen LogP contribution >= 0.6 is 0 Å². The van der Waals surface area contributed by atoms with Crippen molar-refractivity contribution in [1.82, 2.24) is 0 Å².